The molecule has 0 radical (unpaired) electrons. The first-order valence-electron chi connectivity index (χ1n) is 5.05. The van der Waals surface area contributed by atoms with Gasteiger partial charge in [-0.05, 0) is 19.8 Å². The van der Waals surface area contributed by atoms with E-state index >= 15 is 0 Å². The van der Waals surface area contributed by atoms with E-state index in [1.54, 1.807) is 0 Å². The Bertz CT molecular complexity index is 227. The van der Waals surface area contributed by atoms with Crippen LogP contribution >= 0.6 is 0 Å². The average molecular weight is 199 g/mol. The van der Waals surface area contributed by atoms with Gasteiger partial charge in [0.2, 0.25) is 5.91 Å². The van der Waals surface area contributed by atoms with Gasteiger partial charge in [0.1, 0.15) is 0 Å². The van der Waals surface area contributed by atoms with Gasteiger partial charge in [-0.2, -0.15) is 0 Å². The largest absolute Gasteiger partial charge is 0.469 e. The molecular formula is C10H17NO3. The zero-order valence-electron chi connectivity index (χ0n) is 8.78. The number of methoxy groups -OCH3 is 1. The number of likely N-dealkylation sites (tertiary alicyclic amines) is 1. The lowest BCUT2D eigenvalue weighted by molar-refractivity contribution is -0.141. The number of hydrogen-bond acceptors (Lipinski definition) is 3. The fraction of sp³-hybridized carbons (Fsp3) is 0.800. The van der Waals surface area contributed by atoms with Gasteiger partial charge in [-0.1, -0.05) is 0 Å². The van der Waals surface area contributed by atoms with Crippen LogP contribution in [0.25, 0.3) is 0 Å². The van der Waals surface area contributed by atoms with Crippen LogP contribution in [0.3, 0.4) is 0 Å². The smallest absolute Gasteiger partial charge is 0.305 e. The molecule has 1 amide bonds. The Balaban J connectivity index is 2.37. The van der Waals surface area contributed by atoms with E-state index in [1.165, 1.54) is 7.11 Å². The number of nitrogens with zero attached hydrogens (tertiary/aromatic N) is 1. The molecule has 1 atom stereocenters. The molecule has 0 aliphatic carbocycles. The third-order valence-electron chi connectivity index (χ3n) is 2.70. The van der Waals surface area contributed by atoms with E-state index in [0.29, 0.717) is 12.8 Å². The molecule has 1 fully saturated rings. The summed E-state index contributed by atoms with van der Waals surface area (Å²) in [7, 11) is 1.39. The van der Waals surface area contributed by atoms with Gasteiger partial charge in [-0.25, -0.2) is 0 Å². The molecule has 1 saturated heterocycles. The summed E-state index contributed by atoms with van der Waals surface area (Å²) >= 11 is 0. The second-order valence-electron chi connectivity index (χ2n) is 3.49. The molecule has 14 heavy (non-hydrogen) atoms. The van der Waals surface area contributed by atoms with Crippen molar-refractivity contribution >= 4 is 11.9 Å². The third-order valence-corrected chi connectivity index (χ3v) is 2.70. The number of hydrogen-bond donors (Lipinski definition) is 0. The molecule has 1 rings (SSSR count). The van der Waals surface area contributed by atoms with E-state index in [2.05, 4.69) is 4.74 Å². The Morgan fingerprint density at radius 1 is 1.64 bits per heavy atom. The minimum atomic E-state index is -0.194. The van der Waals surface area contributed by atoms with Crippen molar-refractivity contribution in [3.05, 3.63) is 0 Å². The molecule has 4 nitrogen and oxygen atoms in total. The molecule has 1 aliphatic rings. The van der Waals surface area contributed by atoms with E-state index < -0.39 is 0 Å². The van der Waals surface area contributed by atoms with E-state index in [1.807, 2.05) is 11.8 Å². The van der Waals surface area contributed by atoms with Gasteiger partial charge < -0.3 is 9.64 Å². The van der Waals surface area contributed by atoms with Crippen LogP contribution in [-0.4, -0.2) is 36.5 Å². The highest BCUT2D eigenvalue weighted by molar-refractivity contribution is 5.78. The van der Waals surface area contributed by atoms with Gasteiger partial charge in [-0.3, -0.25) is 9.59 Å². The Hall–Kier alpha value is -1.06. The van der Waals surface area contributed by atoms with Crippen molar-refractivity contribution < 1.29 is 14.3 Å². The molecule has 0 unspecified atom stereocenters. The Labute approximate surface area is 84.2 Å². The average Bonchev–Trinajstić information content (AvgIpc) is 2.55. The van der Waals surface area contributed by atoms with Crippen LogP contribution in [0.4, 0.5) is 0 Å². The highest BCUT2D eigenvalue weighted by atomic mass is 16.5. The standard InChI is InChI=1S/C10H17NO3/c1-3-11-8(4-6-9(11)12)5-7-10(13)14-2/h8H,3-7H2,1-2H3/t8-/m1/s1. The lowest BCUT2D eigenvalue weighted by Gasteiger charge is -2.22. The predicted molar refractivity (Wildman–Crippen MR) is 51.7 cm³/mol. The normalized spacial score (nSPS) is 21.4. The molecule has 0 aromatic rings. The maximum absolute atomic E-state index is 11.3. The summed E-state index contributed by atoms with van der Waals surface area (Å²) in [4.78, 5) is 24.1. The predicted octanol–water partition coefficient (Wildman–Crippen LogP) is 0.950. The number of carbonyl (C=O) groups excluding carboxylic acids is 2. The SMILES string of the molecule is CCN1C(=O)CC[C@@H]1CCC(=O)OC. The first-order valence-corrected chi connectivity index (χ1v) is 5.05. The summed E-state index contributed by atoms with van der Waals surface area (Å²) in [5.74, 6) is 0.0165. The topological polar surface area (TPSA) is 46.6 Å². The van der Waals surface area contributed by atoms with Gasteiger partial charge in [0.05, 0.1) is 7.11 Å². The van der Waals surface area contributed by atoms with E-state index in [-0.39, 0.29) is 17.9 Å². The molecule has 0 aromatic heterocycles. The number of carbonyl (C=O) groups is 2. The van der Waals surface area contributed by atoms with Crippen LogP contribution in [0.2, 0.25) is 0 Å². The maximum atomic E-state index is 11.3. The molecule has 1 heterocycles. The lowest BCUT2D eigenvalue weighted by atomic mass is 10.1. The number of ether oxygens (including phenoxy) is 1. The van der Waals surface area contributed by atoms with Crippen LogP contribution in [0, 0.1) is 0 Å². The number of rotatable bonds is 4. The van der Waals surface area contributed by atoms with Crippen molar-refractivity contribution in [1.82, 2.24) is 4.90 Å². The Kier molecular flexibility index (Phi) is 3.92. The van der Waals surface area contributed by atoms with Crippen LogP contribution in [0.15, 0.2) is 0 Å². The highest BCUT2D eigenvalue weighted by Gasteiger charge is 2.29. The molecule has 0 saturated carbocycles. The van der Waals surface area contributed by atoms with Crippen molar-refractivity contribution in [2.45, 2.75) is 38.6 Å². The van der Waals surface area contributed by atoms with Gasteiger partial charge >= 0.3 is 5.97 Å². The Morgan fingerprint density at radius 2 is 2.36 bits per heavy atom. The van der Waals surface area contributed by atoms with Crippen molar-refractivity contribution in [2.75, 3.05) is 13.7 Å². The molecule has 0 spiro atoms. The van der Waals surface area contributed by atoms with Crippen molar-refractivity contribution in [2.24, 2.45) is 0 Å². The molecule has 0 N–H and O–H groups in total. The van der Waals surface area contributed by atoms with Gasteiger partial charge in [-0.15, -0.1) is 0 Å². The van der Waals surface area contributed by atoms with Crippen LogP contribution in [0.5, 0.6) is 0 Å². The first-order chi connectivity index (χ1) is 6.69. The summed E-state index contributed by atoms with van der Waals surface area (Å²) in [6, 6.07) is 0.242. The summed E-state index contributed by atoms with van der Waals surface area (Å²) in [5.41, 5.74) is 0. The monoisotopic (exact) mass is 199 g/mol. The molecule has 80 valence electrons. The lowest BCUT2D eigenvalue weighted by Crippen LogP contribution is -2.33. The molecule has 0 aromatic carbocycles. The molecule has 4 heteroatoms. The van der Waals surface area contributed by atoms with Gasteiger partial charge in [0, 0.05) is 25.4 Å². The minimum Gasteiger partial charge on any atom is -0.469 e. The van der Waals surface area contributed by atoms with Crippen LogP contribution in [-0.2, 0) is 14.3 Å². The zero-order chi connectivity index (χ0) is 10.6. The number of amides is 1. The number of esters is 1. The fourth-order valence-electron chi connectivity index (χ4n) is 1.91. The van der Waals surface area contributed by atoms with E-state index in [0.717, 1.165) is 19.4 Å². The van der Waals surface area contributed by atoms with Gasteiger partial charge in [0.15, 0.2) is 0 Å². The summed E-state index contributed by atoms with van der Waals surface area (Å²) in [6.07, 6.45) is 2.64. The molecule has 1 aliphatic heterocycles. The zero-order valence-corrected chi connectivity index (χ0v) is 8.78. The van der Waals surface area contributed by atoms with Crippen molar-refractivity contribution in [3.63, 3.8) is 0 Å². The summed E-state index contributed by atoms with van der Waals surface area (Å²) < 4.78 is 4.56. The quantitative estimate of drug-likeness (QED) is 0.633. The highest BCUT2D eigenvalue weighted by Crippen LogP contribution is 2.22. The molecule has 0 bridgehead atoms. The minimum absolute atomic E-state index is 0.194. The van der Waals surface area contributed by atoms with Crippen LogP contribution in [0.1, 0.15) is 32.6 Å². The second kappa shape index (κ2) is 4.98. The van der Waals surface area contributed by atoms with Crippen molar-refractivity contribution in [3.8, 4) is 0 Å². The van der Waals surface area contributed by atoms with Gasteiger partial charge in [0.25, 0.3) is 0 Å². The van der Waals surface area contributed by atoms with E-state index in [4.69, 9.17) is 0 Å². The fourth-order valence-corrected chi connectivity index (χ4v) is 1.91. The van der Waals surface area contributed by atoms with Crippen LogP contribution < -0.4 is 0 Å². The molecular weight excluding hydrogens is 182 g/mol. The third kappa shape index (κ3) is 2.47. The van der Waals surface area contributed by atoms with E-state index in [9.17, 15) is 9.59 Å². The Morgan fingerprint density at radius 3 is 2.93 bits per heavy atom. The summed E-state index contributed by atoms with van der Waals surface area (Å²) in [6.45, 7) is 2.71. The summed E-state index contributed by atoms with van der Waals surface area (Å²) in [5, 5.41) is 0. The second-order valence-corrected chi connectivity index (χ2v) is 3.49. The first kappa shape index (κ1) is 11.0. The van der Waals surface area contributed by atoms with Crippen molar-refractivity contribution in [1.29, 1.82) is 0 Å². The maximum Gasteiger partial charge on any atom is 0.305 e.